The highest BCUT2D eigenvalue weighted by molar-refractivity contribution is 5.85. The summed E-state index contributed by atoms with van der Waals surface area (Å²) in [7, 11) is 1.28. The lowest BCUT2D eigenvalue weighted by molar-refractivity contribution is 0.0689. The molecule has 64 valence electrons. The van der Waals surface area contributed by atoms with Gasteiger partial charge in [-0.3, -0.25) is 0 Å². The lowest BCUT2D eigenvalue weighted by Crippen LogP contribution is -2.01. The maximum Gasteiger partial charge on any atom is 0.354 e. The van der Waals surface area contributed by atoms with E-state index in [1.165, 1.54) is 7.11 Å². The standard InChI is InChI=1S/C7H6FNO3/c1-12-6-3-9-5(7(10)11)2-4(6)8/h2-3H,1H3,(H,10,11). The van der Waals surface area contributed by atoms with Crippen molar-refractivity contribution in [3.63, 3.8) is 0 Å². The molecule has 1 aromatic rings. The Morgan fingerprint density at radius 1 is 1.75 bits per heavy atom. The molecule has 0 bridgehead atoms. The summed E-state index contributed by atoms with van der Waals surface area (Å²) in [4.78, 5) is 13.7. The van der Waals surface area contributed by atoms with E-state index >= 15 is 0 Å². The Hall–Kier alpha value is -1.65. The van der Waals surface area contributed by atoms with E-state index in [1.807, 2.05) is 0 Å². The summed E-state index contributed by atoms with van der Waals surface area (Å²) in [5, 5.41) is 8.40. The molecule has 0 aromatic carbocycles. The SMILES string of the molecule is COc1cnc(C(=O)O)cc1F. The van der Waals surface area contributed by atoms with Crippen LogP contribution in [0.5, 0.6) is 5.75 Å². The van der Waals surface area contributed by atoms with Crippen molar-refractivity contribution >= 4 is 5.97 Å². The van der Waals surface area contributed by atoms with Crippen LogP contribution in [0.2, 0.25) is 0 Å². The molecule has 0 aliphatic heterocycles. The molecule has 0 aliphatic rings. The molecule has 0 fully saturated rings. The van der Waals surface area contributed by atoms with Crippen molar-refractivity contribution in [3.8, 4) is 5.75 Å². The fraction of sp³-hybridized carbons (Fsp3) is 0.143. The first kappa shape index (κ1) is 8.45. The number of methoxy groups -OCH3 is 1. The van der Waals surface area contributed by atoms with Crippen LogP contribution in [0.4, 0.5) is 4.39 Å². The zero-order valence-corrected chi connectivity index (χ0v) is 6.24. The van der Waals surface area contributed by atoms with Crippen molar-refractivity contribution < 1.29 is 19.0 Å². The second-order valence-electron chi connectivity index (χ2n) is 2.01. The highest BCUT2D eigenvalue weighted by Gasteiger charge is 2.09. The van der Waals surface area contributed by atoms with Crippen LogP contribution >= 0.6 is 0 Å². The van der Waals surface area contributed by atoms with Crippen molar-refractivity contribution in [2.24, 2.45) is 0 Å². The van der Waals surface area contributed by atoms with Crippen LogP contribution in [0.3, 0.4) is 0 Å². The first-order valence-electron chi connectivity index (χ1n) is 3.08. The number of halogens is 1. The van der Waals surface area contributed by atoms with E-state index in [2.05, 4.69) is 9.72 Å². The van der Waals surface area contributed by atoms with Gasteiger partial charge in [-0.1, -0.05) is 0 Å². The van der Waals surface area contributed by atoms with Crippen LogP contribution in [0, 0.1) is 5.82 Å². The molecular formula is C7H6FNO3. The van der Waals surface area contributed by atoms with Gasteiger partial charge in [0.25, 0.3) is 0 Å². The molecule has 0 unspecified atom stereocenters. The van der Waals surface area contributed by atoms with Crippen LogP contribution in [0.1, 0.15) is 10.5 Å². The maximum atomic E-state index is 12.8. The third kappa shape index (κ3) is 1.50. The van der Waals surface area contributed by atoms with E-state index in [9.17, 15) is 9.18 Å². The molecule has 12 heavy (non-hydrogen) atoms. The minimum absolute atomic E-state index is 0.0694. The van der Waals surface area contributed by atoms with Gasteiger partial charge in [0, 0.05) is 6.07 Å². The second-order valence-corrected chi connectivity index (χ2v) is 2.01. The van der Waals surface area contributed by atoms with Gasteiger partial charge in [0.2, 0.25) is 0 Å². The Morgan fingerprint density at radius 3 is 2.83 bits per heavy atom. The Kier molecular flexibility index (Phi) is 2.23. The van der Waals surface area contributed by atoms with Gasteiger partial charge < -0.3 is 9.84 Å². The number of hydrogen-bond donors (Lipinski definition) is 1. The number of pyridine rings is 1. The average molecular weight is 171 g/mol. The lowest BCUT2D eigenvalue weighted by Gasteiger charge is -2.00. The molecule has 1 rings (SSSR count). The van der Waals surface area contributed by atoms with Crippen LogP contribution < -0.4 is 4.74 Å². The van der Waals surface area contributed by atoms with Gasteiger partial charge in [0.05, 0.1) is 13.3 Å². The molecule has 0 aliphatic carbocycles. The molecular weight excluding hydrogens is 165 g/mol. The number of aromatic nitrogens is 1. The Bertz CT molecular complexity index is 314. The zero-order valence-electron chi connectivity index (χ0n) is 6.24. The van der Waals surface area contributed by atoms with Gasteiger partial charge in [-0.25, -0.2) is 14.2 Å². The highest BCUT2D eigenvalue weighted by atomic mass is 19.1. The van der Waals surface area contributed by atoms with Gasteiger partial charge in [0.15, 0.2) is 17.3 Å². The van der Waals surface area contributed by atoms with Gasteiger partial charge in [-0.05, 0) is 0 Å². The molecule has 0 atom stereocenters. The quantitative estimate of drug-likeness (QED) is 0.718. The number of nitrogens with zero attached hydrogens (tertiary/aromatic N) is 1. The molecule has 0 spiro atoms. The molecule has 1 heterocycles. The van der Waals surface area contributed by atoms with Gasteiger partial charge in [0.1, 0.15) is 0 Å². The van der Waals surface area contributed by atoms with E-state index < -0.39 is 11.8 Å². The summed E-state index contributed by atoms with van der Waals surface area (Å²) in [6.45, 7) is 0. The van der Waals surface area contributed by atoms with E-state index in [0.29, 0.717) is 0 Å². The summed E-state index contributed by atoms with van der Waals surface area (Å²) < 4.78 is 17.3. The molecule has 1 aromatic heterocycles. The van der Waals surface area contributed by atoms with Crippen molar-refractivity contribution in [1.29, 1.82) is 0 Å². The predicted molar refractivity (Wildman–Crippen MR) is 37.7 cm³/mol. The average Bonchev–Trinajstić information content (AvgIpc) is 2.04. The van der Waals surface area contributed by atoms with Gasteiger partial charge >= 0.3 is 5.97 Å². The first-order chi connectivity index (χ1) is 5.65. The molecule has 4 nitrogen and oxygen atoms in total. The topological polar surface area (TPSA) is 59.4 Å². The first-order valence-corrected chi connectivity index (χ1v) is 3.08. The summed E-state index contributed by atoms with van der Waals surface area (Å²) in [6.07, 6.45) is 1.03. The maximum absolute atomic E-state index is 12.8. The largest absolute Gasteiger partial charge is 0.492 e. The monoisotopic (exact) mass is 171 g/mol. The predicted octanol–water partition coefficient (Wildman–Crippen LogP) is 0.927. The smallest absolute Gasteiger partial charge is 0.354 e. The van der Waals surface area contributed by atoms with Crippen LogP contribution in [0.15, 0.2) is 12.3 Å². The van der Waals surface area contributed by atoms with E-state index in [4.69, 9.17) is 5.11 Å². The van der Waals surface area contributed by atoms with E-state index in [0.717, 1.165) is 12.3 Å². The molecule has 0 radical (unpaired) electrons. The summed E-state index contributed by atoms with van der Waals surface area (Å²) in [6, 6.07) is 0.807. The minimum atomic E-state index is -1.27. The number of aromatic carboxylic acids is 1. The lowest BCUT2D eigenvalue weighted by atomic mass is 10.3. The summed E-state index contributed by atoms with van der Waals surface area (Å²) >= 11 is 0. The van der Waals surface area contributed by atoms with Crippen LogP contribution in [-0.2, 0) is 0 Å². The third-order valence-electron chi connectivity index (χ3n) is 1.26. The van der Waals surface area contributed by atoms with Crippen molar-refractivity contribution in [2.45, 2.75) is 0 Å². The molecule has 1 N–H and O–H groups in total. The minimum Gasteiger partial charge on any atom is -0.492 e. The fourth-order valence-electron chi connectivity index (χ4n) is 0.685. The number of carboxylic acids is 1. The number of carbonyl (C=O) groups is 1. The van der Waals surface area contributed by atoms with Crippen LogP contribution in [0.25, 0.3) is 0 Å². The highest BCUT2D eigenvalue weighted by Crippen LogP contribution is 2.14. The number of carboxylic acid groups (broad SMARTS) is 1. The second kappa shape index (κ2) is 3.17. The van der Waals surface area contributed by atoms with Crippen LogP contribution in [-0.4, -0.2) is 23.2 Å². The Labute approximate surface area is 67.6 Å². The zero-order chi connectivity index (χ0) is 9.14. The fourth-order valence-corrected chi connectivity index (χ4v) is 0.685. The van der Waals surface area contributed by atoms with Crippen molar-refractivity contribution in [3.05, 3.63) is 23.8 Å². The van der Waals surface area contributed by atoms with E-state index in [1.54, 1.807) is 0 Å². The Balaban J connectivity index is 3.10. The van der Waals surface area contributed by atoms with Crippen molar-refractivity contribution in [1.82, 2.24) is 4.98 Å². The van der Waals surface area contributed by atoms with Gasteiger partial charge in [-0.2, -0.15) is 0 Å². The third-order valence-corrected chi connectivity index (χ3v) is 1.26. The molecule has 0 saturated carbocycles. The molecule has 5 heteroatoms. The number of hydrogen-bond acceptors (Lipinski definition) is 3. The normalized spacial score (nSPS) is 9.50. The summed E-state index contributed by atoms with van der Waals surface area (Å²) in [5.74, 6) is -2.07. The molecule has 0 saturated heterocycles. The molecule has 0 amide bonds. The van der Waals surface area contributed by atoms with Gasteiger partial charge in [-0.15, -0.1) is 0 Å². The Morgan fingerprint density at radius 2 is 2.42 bits per heavy atom. The summed E-state index contributed by atoms with van der Waals surface area (Å²) in [5.41, 5.74) is -0.340. The van der Waals surface area contributed by atoms with E-state index in [-0.39, 0.29) is 11.4 Å². The van der Waals surface area contributed by atoms with Crippen molar-refractivity contribution in [2.75, 3.05) is 7.11 Å². The number of ether oxygens (including phenoxy) is 1. The number of rotatable bonds is 2.